The number of carbonyl (C=O) groups excluding carboxylic acids is 1. The van der Waals surface area contributed by atoms with Gasteiger partial charge in [-0.25, -0.2) is 0 Å². The van der Waals surface area contributed by atoms with Gasteiger partial charge in [0.2, 0.25) is 0 Å². The van der Waals surface area contributed by atoms with Crippen molar-refractivity contribution >= 4 is 23.0 Å². The third-order valence-corrected chi connectivity index (χ3v) is 3.72. The van der Waals surface area contributed by atoms with Gasteiger partial charge in [-0.15, -0.1) is 0 Å². The number of nitrogens with one attached hydrogen (secondary N) is 1. The quantitative estimate of drug-likeness (QED) is 0.839. The third-order valence-electron chi connectivity index (χ3n) is 3.72. The van der Waals surface area contributed by atoms with Gasteiger partial charge in [0.05, 0.1) is 22.6 Å². The summed E-state index contributed by atoms with van der Waals surface area (Å²) in [5.41, 5.74) is 3.65. The molecule has 3 nitrogen and oxygen atoms in total. The first-order chi connectivity index (χ1) is 9.34. The Morgan fingerprint density at radius 2 is 1.63 bits per heavy atom. The lowest BCUT2D eigenvalue weighted by molar-refractivity contribution is 0.0987. The number of nitrogens with zero attached hydrogens (tertiary/aromatic N) is 1. The summed E-state index contributed by atoms with van der Waals surface area (Å²) < 4.78 is 0. The summed E-state index contributed by atoms with van der Waals surface area (Å²) in [6.07, 6.45) is 2.20. The van der Waals surface area contributed by atoms with Crippen molar-refractivity contribution in [1.29, 1.82) is 0 Å². The molecule has 2 aromatic carbocycles. The van der Waals surface area contributed by atoms with Crippen molar-refractivity contribution in [3.63, 3.8) is 0 Å². The summed E-state index contributed by atoms with van der Waals surface area (Å²) in [4.78, 5) is 14.7. The van der Waals surface area contributed by atoms with E-state index in [4.69, 9.17) is 0 Å². The van der Waals surface area contributed by atoms with E-state index in [0.717, 1.165) is 35.5 Å². The molecule has 4 rings (SSSR count). The molecule has 0 spiro atoms. The number of hydrogen-bond donors (Lipinski definition) is 1. The second kappa shape index (κ2) is 3.85. The van der Waals surface area contributed by atoms with E-state index in [2.05, 4.69) is 5.32 Å². The normalized spacial score (nSPS) is 17.3. The van der Waals surface area contributed by atoms with Crippen LogP contribution in [0.25, 0.3) is 0 Å². The summed E-state index contributed by atoms with van der Waals surface area (Å²) in [6.45, 7) is 0. The van der Waals surface area contributed by atoms with E-state index < -0.39 is 0 Å². The van der Waals surface area contributed by atoms with Crippen LogP contribution >= 0.6 is 0 Å². The largest absolute Gasteiger partial charge is 0.353 e. The zero-order chi connectivity index (χ0) is 12.8. The Hall–Kier alpha value is -2.29. The van der Waals surface area contributed by atoms with Gasteiger partial charge in [-0.1, -0.05) is 24.3 Å². The molecular weight excluding hydrogens is 236 g/mol. The standard InChI is InChI=1S/C16H14N2O/c19-16-12-5-1-2-6-13(12)17-14-7-3-4-8-15(14)18(16)11-9-10-11/h1-8,11,17H,9-10H2. The molecule has 1 saturated carbocycles. The number of anilines is 3. The van der Waals surface area contributed by atoms with Gasteiger partial charge in [0.15, 0.2) is 0 Å². The molecule has 1 fully saturated rings. The van der Waals surface area contributed by atoms with Crippen LogP contribution in [-0.2, 0) is 0 Å². The average Bonchev–Trinajstić information content (AvgIpc) is 3.25. The van der Waals surface area contributed by atoms with Gasteiger partial charge < -0.3 is 10.2 Å². The molecule has 0 unspecified atom stereocenters. The highest BCUT2D eigenvalue weighted by Gasteiger charge is 2.37. The zero-order valence-electron chi connectivity index (χ0n) is 10.5. The van der Waals surface area contributed by atoms with E-state index in [1.165, 1.54) is 0 Å². The molecule has 0 atom stereocenters. The molecule has 1 heterocycles. The number of benzene rings is 2. The Balaban J connectivity index is 1.95. The van der Waals surface area contributed by atoms with Gasteiger partial charge in [0.25, 0.3) is 5.91 Å². The molecule has 1 amide bonds. The van der Waals surface area contributed by atoms with Crippen molar-refractivity contribution in [3.8, 4) is 0 Å². The molecule has 0 radical (unpaired) electrons. The molecule has 2 aliphatic rings. The van der Waals surface area contributed by atoms with Crippen molar-refractivity contribution in [2.75, 3.05) is 10.2 Å². The summed E-state index contributed by atoms with van der Waals surface area (Å²) in [6, 6.07) is 16.1. The maximum Gasteiger partial charge on any atom is 0.260 e. The van der Waals surface area contributed by atoms with Gasteiger partial charge in [0.1, 0.15) is 0 Å². The predicted molar refractivity (Wildman–Crippen MR) is 76.0 cm³/mol. The Kier molecular flexibility index (Phi) is 2.15. The highest BCUT2D eigenvalue weighted by molar-refractivity contribution is 6.14. The number of para-hydroxylation sites is 3. The first kappa shape index (κ1) is 10.6. The highest BCUT2D eigenvalue weighted by atomic mass is 16.2. The van der Waals surface area contributed by atoms with Crippen LogP contribution in [0.2, 0.25) is 0 Å². The predicted octanol–water partition coefficient (Wildman–Crippen LogP) is 3.55. The van der Waals surface area contributed by atoms with Crippen LogP contribution in [0.1, 0.15) is 23.2 Å². The SMILES string of the molecule is O=C1c2ccccc2Nc2ccccc2N1C1CC1. The highest BCUT2D eigenvalue weighted by Crippen LogP contribution is 2.41. The number of rotatable bonds is 1. The lowest BCUT2D eigenvalue weighted by atomic mass is 10.1. The van der Waals surface area contributed by atoms with E-state index in [0.29, 0.717) is 6.04 Å². The minimum Gasteiger partial charge on any atom is -0.353 e. The molecule has 1 aliphatic carbocycles. The minimum absolute atomic E-state index is 0.107. The van der Waals surface area contributed by atoms with Gasteiger partial charge >= 0.3 is 0 Å². The van der Waals surface area contributed by atoms with E-state index >= 15 is 0 Å². The van der Waals surface area contributed by atoms with E-state index in [9.17, 15) is 4.79 Å². The van der Waals surface area contributed by atoms with E-state index in [1.54, 1.807) is 0 Å². The van der Waals surface area contributed by atoms with Crippen LogP contribution < -0.4 is 10.2 Å². The van der Waals surface area contributed by atoms with Crippen molar-refractivity contribution in [1.82, 2.24) is 0 Å². The van der Waals surface area contributed by atoms with Crippen molar-refractivity contribution in [2.24, 2.45) is 0 Å². The molecule has 0 aromatic heterocycles. The summed E-state index contributed by atoms with van der Waals surface area (Å²) in [5.74, 6) is 0.107. The molecule has 0 bridgehead atoms. The number of amides is 1. The molecule has 3 heteroatoms. The van der Waals surface area contributed by atoms with Gasteiger partial charge in [0, 0.05) is 6.04 Å². The Bertz CT molecular complexity index is 661. The molecule has 1 N–H and O–H groups in total. The van der Waals surface area contributed by atoms with Crippen LogP contribution in [0.3, 0.4) is 0 Å². The summed E-state index contributed by atoms with van der Waals surface area (Å²) >= 11 is 0. The first-order valence-electron chi connectivity index (χ1n) is 6.63. The molecule has 1 aliphatic heterocycles. The van der Waals surface area contributed by atoms with Crippen molar-refractivity contribution in [3.05, 3.63) is 54.1 Å². The second-order valence-electron chi connectivity index (χ2n) is 5.09. The molecular formula is C16H14N2O. The van der Waals surface area contributed by atoms with Crippen LogP contribution in [-0.4, -0.2) is 11.9 Å². The molecule has 19 heavy (non-hydrogen) atoms. The van der Waals surface area contributed by atoms with E-state index in [1.807, 2.05) is 53.4 Å². The Morgan fingerprint density at radius 3 is 2.42 bits per heavy atom. The number of fused-ring (bicyclic) bond motifs is 2. The Labute approximate surface area is 111 Å². The third kappa shape index (κ3) is 1.62. The fourth-order valence-electron chi connectivity index (χ4n) is 2.65. The second-order valence-corrected chi connectivity index (χ2v) is 5.09. The average molecular weight is 250 g/mol. The molecule has 0 saturated heterocycles. The smallest absolute Gasteiger partial charge is 0.260 e. The lowest BCUT2D eigenvalue weighted by Crippen LogP contribution is -2.32. The molecule has 94 valence electrons. The minimum atomic E-state index is 0.107. The fraction of sp³-hybridized carbons (Fsp3) is 0.188. The van der Waals surface area contributed by atoms with Gasteiger partial charge in [-0.05, 0) is 37.1 Å². The van der Waals surface area contributed by atoms with Crippen molar-refractivity contribution < 1.29 is 4.79 Å². The summed E-state index contributed by atoms with van der Waals surface area (Å²) in [7, 11) is 0. The maximum atomic E-state index is 12.8. The Morgan fingerprint density at radius 1 is 0.947 bits per heavy atom. The number of hydrogen-bond acceptors (Lipinski definition) is 2. The van der Waals surface area contributed by atoms with Gasteiger partial charge in [-0.2, -0.15) is 0 Å². The van der Waals surface area contributed by atoms with E-state index in [-0.39, 0.29) is 5.91 Å². The lowest BCUT2D eigenvalue weighted by Gasteiger charge is -2.22. The van der Waals surface area contributed by atoms with Crippen LogP contribution in [0.15, 0.2) is 48.5 Å². The number of carbonyl (C=O) groups is 1. The van der Waals surface area contributed by atoms with Gasteiger partial charge in [-0.3, -0.25) is 4.79 Å². The maximum absolute atomic E-state index is 12.8. The first-order valence-corrected chi connectivity index (χ1v) is 6.63. The summed E-state index contributed by atoms with van der Waals surface area (Å²) in [5, 5.41) is 3.38. The zero-order valence-corrected chi connectivity index (χ0v) is 10.5. The van der Waals surface area contributed by atoms with Crippen LogP contribution in [0.4, 0.5) is 17.1 Å². The monoisotopic (exact) mass is 250 g/mol. The molecule has 2 aromatic rings. The fourth-order valence-corrected chi connectivity index (χ4v) is 2.65. The van der Waals surface area contributed by atoms with Crippen LogP contribution in [0, 0.1) is 0 Å². The van der Waals surface area contributed by atoms with Crippen LogP contribution in [0.5, 0.6) is 0 Å². The topological polar surface area (TPSA) is 32.3 Å². The van der Waals surface area contributed by atoms with Crippen molar-refractivity contribution in [2.45, 2.75) is 18.9 Å².